The molecular weight excluding hydrogens is 206 g/mol. The molecule has 1 aromatic carbocycles. The van der Waals surface area contributed by atoms with Gasteiger partial charge in [-0.15, -0.1) is 0 Å². The van der Waals surface area contributed by atoms with Crippen molar-refractivity contribution in [3.05, 3.63) is 35.4 Å². The number of benzene rings is 1. The molecule has 0 aliphatic carbocycles. The molecule has 0 heterocycles. The average Bonchev–Trinajstić information content (AvgIpc) is 2.16. The van der Waals surface area contributed by atoms with Crippen molar-refractivity contribution in [3.8, 4) is 0 Å². The van der Waals surface area contributed by atoms with Crippen LogP contribution in [0.25, 0.3) is 0 Å². The lowest BCUT2D eigenvalue weighted by Gasteiger charge is -2.25. The fourth-order valence-corrected chi connectivity index (χ4v) is 1.47. The van der Waals surface area contributed by atoms with Crippen LogP contribution in [0.15, 0.2) is 24.3 Å². The lowest BCUT2D eigenvalue weighted by molar-refractivity contribution is 0.101. The van der Waals surface area contributed by atoms with Gasteiger partial charge in [0.2, 0.25) is 0 Å². The van der Waals surface area contributed by atoms with Crippen LogP contribution in [0.3, 0.4) is 0 Å². The highest BCUT2D eigenvalue weighted by molar-refractivity contribution is 5.94. The van der Waals surface area contributed by atoms with Crippen LogP contribution in [0.4, 0.5) is 4.79 Å². The SMILES string of the molecule is CC(=O)c1cccc(C(C)(C)NC(=O)O)c1. The predicted octanol–water partition coefficient (Wildman–Crippen LogP) is 2.39. The van der Waals surface area contributed by atoms with Crippen molar-refractivity contribution in [2.75, 3.05) is 0 Å². The minimum Gasteiger partial charge on any atom is -0.465 e. The van der Waals surface area contributed by atoms with E-state index < -0.39 is 11.6 Å². The highest BCUT2D eigenvalue weighted by atomic mass is 16.4. The molecule has 0 saturated heterocycles. The first-order chi connectivity index (χ1) is 7.33. The third kappa shape index (κ3) is 2.82. The number of hydrogen-bond acceptors (Lipinski definition) is 2. The summed E-state index contributed by atoms with van der Waals surface area (Å²) in [6, 6.07) is 6.96. The molecule has 86 valence electrons. The van der Waals surface area contributed by atoms with Gasteiger partial charge in [-0.3, -0.25) is 4.79 Å². The molecule has 0 saturated carbocycles. The van der Waals surface area contributed by atoms with Crippen molar-refractivity contribution < 1.29 is 14.7 Å². The number of amides is 1. The number of nitrogens with one attached hydrogen (secondary N) is 1. The second-order valence-corrected chi connectivity index (χ2v) is 4.19. The summed E-state index contributed by atoms with van der Waals surface area (Å²) in [4.78, 5) is 21.8. The van der Waals surface area contributed by atoms with Gasteiger partial charge in [-0.1, -0.05) is 18.2 Å². The number of Topliss-reactive ketones (excluding diaryl/α,β-unsaturated/α-hetero) is 1. The quantitative estimate of drug-likeness (QED) is 0.770. The average molecular weight is 221 g/mol. The Balaban J connectivity index is 3.07. The molecule has 1 amide bonds. The molecule has 0 aliphatic rings. The molecule has 0 bridgehead atoms. The summed E-state index contributed by atoms with van der Waals surface area (Å²) in [5.74, 6) is -0.0343. The Morgan fingerprint density at radius 2 is 1.94 bits per heavy atom. The molecule has 4 nitrogen and oxygen atoms in total. The van der Waals surface area contributed by atoms with E-state index >= 15 is 0 Å². The van der Waals surface area contributed by atoms with E-state index in [2.05, 4.69) is 5.32 Å². The third-order valence-corrected chi connectivity index (χ3v) is 2.41. The van der Waals surface area contributed by atoms with Crippen molar-refractivity contribution >= 4 is 11.9 Å². The van der Waals surface area contributed by atoms with Gasteiger partial charge in [0, 0.05) is 5.56 Å². The Morgan fingerprint density at radius 1 is 1.31 bits per heavy atom. The Bertz CT molecular complexity index is 424. The molecule has 0 aliphatic heterocycles. The van der Waals surface area contributed by atoms with Crippen LogP contribution in [-0.4, -0.2) is 17.0 Å². The molecule has 4 heteroatoms. The van der Waals surface area contributed by atoms with Crippen LogP contribution in [0.1, 0.15) is 36.7 Å². The monoisotopic (exact) mass is 221 g/mol. The Morgan fingerprint density at radius 3 is 2.44 bits per heavy atom. The van der Waals surface area contributed by atoms with E-state index in [1.165, 1.54) is 6.92 Å². The van der Waals surface area contributed by atoms with Crippen molar-refractivity contribution in [2.24, 2.45) is 0 Å². The normalized spacial score (nSPS) is 10.9. The first-order valence-corrected chi connectivity index (χ1v) is 4.95. The van der Waals surface area contributed by atoms with E-state index in [1.807, 2.05) is 0 Å². The molecule has 0 fully saturated rings. The standard InChI is InChI=1S/C12H15NO3/c1-8(14)9-5-4-6-10(7-9)12(2,3)13-11(15)16/h4-7,13H,1-3H3,(H,15,16). The van der Waals surface area contributed by atoms with Crippen LogP contribution in [-0.2, 0) is 5.54 Å². The molecule has 0 unspecified atom stereocenters. The zero-order valence-electron chi connectivity index (χ0n) is 9.57. The zero-order valence-corrected chi connectivity index (χ0v) is 9.57. The topological polar surface area (TPSA) is 66.4 Å². The number of carbonyl (C=O) groups excluding carboxylic acids is 1. The van der Waals surface area contributed by atoms with Gasteiger partial charge in [-0.2, -0.15) is 0 Å². The number of hydrogen-bond donors (Lipinski definition) is 2. The summed E-state index contributed by atoms with van der Waals surface area (Å²) in [5, 5.41) is 11.1. The second-order valence-electron chi connectivity index (χ2n) is 4.19. The smallest absolute Gasteiger partial charge is 0.405 e. The number of rotatable bonds is 3. The van der Waals surface area contributed by atoms with E-state index in [-0.39, 0.29) is 5.78 Å². The van der Waals surface area contributed by atoms with Crippen molar-refractivity contribution in [1.82, 2.24) is 5.32 Å². The maximum Gasteiger partial charge on any atom is 0.405 e. The Labute approximate surface area is 94.3 Å². The van der Waals surface area contributed by atoms with Crippen molar-refractivity contribution in [1.29, 1.82) is 0 Å². The molecule has 0 spiro atoms. The largest absolute Gasteiger partial charge is 0.465 e. The van der Waals surface area contributed by atoms with Crippen LogP contribution >= 0.6 is 0 Å². The Kier molecular flexibility index (Phi) is 3.32. The van der Waals surface area contributed by atoms with Gasteiger partial charge < -0.3 is 10.4 Å². The van der Waals surface area contributed by atoms with Crippen LogP contribution in [0, 0.1) is 0 Å². The highest BCUT2D eigenvalue weighted by Crippen LogP contribution is 2.21. The fourth-order valence-electron chi connectivity index (χ4n) is 1.47. The predicted molar refractivity (Wildman–Crippen MR) is 60.6 cm³/mol. The van der Waals surface area contributed by atoms with Gasteiger partial charge in [-0.25, -0.2) is 4.79 Å². The van der Waals surface area contributed by atoms with Crippen molar-refractivity contribution in [2.45, 2.75) is 26.3 Å². The summed E-state index contributed by atoms with van der Waals surface area (Å²) >= 11 is 0. The zero-order chi connectivity index (χ0) is 12.3. The van der Waals surface area contributed by atoms with E-state index in [4.69, 9.17) is 5.11 Å². The first kappa shape index (κ1) is 12.2. The van der Waals surface area contributed by atoms with E-state index in [9.17, 15) is 9.59 Å². The molecule has 2 N–H and O–H groups in total. The maximum atomic E-state index is 11.2. The van der Waals surface area contributed by atoms with Crippen LogP contribution in [0.2, 0.25) is 0 Å². The van der Waals surface area contributed by atoms with Crippen LogP contribution < -0.4 is 5.32 Å². The summed E-state index contributed by atoms with van der Waals surface area (Å²) in [5.41, 5.74) is 0.637. The van der Waals surface area contributed by atoms with Gasteiger partial charge in [0.05, 0.1) is 5.54 Å². The molecule has 1 aromatic rings. The number of ketones is 1. The molecule has 1 rings (SSSR count). The highest BCUT2D eigenvalue weighted by Gasteiger charge is 2.22. The summed E-state index contributed by atoms with van der Waals surface area (Å²) in [6.45, 7) is 4.98. The number of carboxylic acid groups (broad SMARTS) is 1. The summed E-state index contributed by atoms with van der Waals surface area (Å²) in [6.07, 6.45) is -1.08. The lowest BCUT2D eigenvalue weighted by Crippen LogP contribution is -2.40. The molecule has 0 aromatic heterocycles. The minimum absolute atomic E-state index is 0.0343. The van der Waals surface area contributed by atoms with Gasteiger partial charge >= 0.3 is 6.09 Å². The van der Waals surface area contributed by atoms with Gasteiger partial charge in [0.25, 0.3) is 0 Å². The van der Waals surface area contributed by atoms with Gasteiger partial charge in [-0.05, 0) is 32.4 Å². The molecule has 16 heavy (non-hydrogen) atoms. The summed E-state index contributed by atoms with van der Waals surface area (Å²) < 4.78 is 0. The maximum absolute atomic E-state index is 11.2. The summed E-state index contributed by atoms with van der Waals surface area (Å²) in [7, 11) is 0. The van der Waals surface area contributed by atoms with E-state index in [0.717, 1.165) is 5.56 Å². The van der Waals surface area contributed by atoms with Crippen molar-refractivity contribution in [3.63, 3.8) is 0 Å². The van der Waals surface area contributed by atoms with E-state index in [1.54, 1.807) is 38.1 Å². The van der Waals surface area contributed by atoms with Gasteiger partial charge in [0.15, 0.2) is 5.78 Å². The molecule has 0 radical (unpaired) electrons. The molecular formula is C12H15NO3. The fraction of sp³-hybridized carbons (Fsp3) is 0.333. The lowest BCUT2D eigenvalue weighted by atomic mass is 9.92. The minimum atomic E-state index is -1.08. The Hall–Kier alpha value is -1.84. The first-order valence-electron chi connectivity index (χ1n) is 4.95. The molecule has 0 atom stereocenters. The van der Waals surface area contributed by atoms with E-state index in [0.29, 0.717) is 5.56 Å². The van der Waals surface area contributed by atoms with Crippen LogP contribution in [0.5, 0.6) is 0 Å². The third-order valence-electron chi connectivity index (χ3n) is 2.41. The van der Waals surface area contributed by atoms with Gasteiger partial charge in [0.1, 0.15) is 0 Å². The number of carbonyl (C=O) groups is 2. The second kappa shape index (κ2) is 4.35.